The lowest BCUT2D eigenvalue weighted by Gasteiger charge is -2.30. The molecule has 1 atom stereocenters. The van der Waals surface area contributed by atoms with Gasteiger partial charge >= 0.3 is 0 Å². The molecule has 0 aliphatic heterocycles. The van der Waals surface area contributed by atoms with Gasteiger partial charge in [0.2, 0.25) is 0 Å². The highest BCUT2D eigenvalue weighted by Crippen LogP contribution is 2.34. The Morgan fingerprint density at radius 3 is 2.75 bits per heavy atom. The van der Waals surface area contributed by atoms with Crippen molar-refractivity contribution < 1.29 is 0 Å². The summed E-state index contributed by atoms with van der Waals surface area (Å²) in [5.41, 5.74) is 10.4. The molecule has 2 rings (SSSR count). The van der Waals surface area contributed by atoms with E-state index in [9.17, 15) is 0 Å². The zero-order valence-corrected chi connectivity index (χ0v) is 10.4. The van der Waals surface area contributed by atoms with Gasteiger partial charge in [-0.3, -0.25) is 0 Å². The van der Waals surface area contributed by atoms with Crippen LogP contribution >= 0.6 is 0 Å². The van der Waals surface area contributed by atoms with Crippen LogP contribution in [0, 0.1) is 0 Å². The molecular formula is C14H22N2. The van der Waals surface area contributed by atoms with Crippen molar-refractivity contribution in [2.75, 3.05) is 18.0 Å². The molecule has 0 fully saturated rings. The Kier molecular flexibility index (Phi) is 3.49. The Balaban J connectivity index is 2.42. The normalized spacial score (nSPS) is 19.3. The molecule has 1 aliphatic rings. The molecular weight excluding hydrogens is 196 g/mol. The molecule has 0 heterocycles. The van der Waals surface area contributed by atoms with Crippen molar-refractivity contribution in [1.82, 2.24) is 0 Å². The van der Waals surface area contributed by atoms with Crippen LogP contribution < -0.4 is 10.6 Å². The van der Waals surface area contributed by atoms with Gasteiger partial charge < -0.3 is 10.6 Å². The Bertz CT molecular complexity index is 356. The van der Waals surface area contributed by atoms with E-state index in [1.807, 2.05) is 0 Å². The van der Waals surface area contributed by atoms with E-state index in [4.69, 9.17) is 5.73 Å². The predicted octanol–water partition coefficient (Wildman–Crippen LogP) is 2.87. The van der Waals surface area contributed by atoms with Crippen molar-refractivity contribution in [3.05, 3.63) is 29.3 Å². The van der Waals surface area contributed by atoms with Crippen LogP contribution in [0.25, 0.3) is 0 Å². The summed E-state index contributed by atoms with van der Waals surface area (Å²) < 4.78 is 0. The molecule has 0 saturated heterocycles. The summed E-state index contributed by atoms with van der Waals surface area (Å²) in [6, 6.07) is 6.84. The molecule has 2 heteroatoms. The average Bonchev–Trinajstić information content (AvgIpc) is 2.32. The largest absolute Gasteiger partial charge is 0.372 e. The molecule has 16 heavy (non-hydrogen) atoms. The maximum Gasteiger partial charge on any atom is 0.0401 e. The number of hydrogen-bond donors (Lipinski definition) is 1. The van der Waals surface area contributed by atoms with E-state index in [-0.39, 0.29) is 6.04 Å². The first kappa shape index (κ1) is 11.5. The Morgan fingerprint density at radius 2 is 2.06 bits per heavy atom. The van der Waals surface area contributed by atoms with E-state index in [1.54, 1.807) is 0 Å². The molecule has 0 bridgehead atoms. The van der Waals surface area contributed by atoms with E-state index >= 15 is 0 Å². The van der Waals surface area contributed by atoms with Crippen LogP contribution in [0.15, 0.2) is 18.2 Å². The average molecular weight is 218 g/mol. The van der Waals surface area contributed by atoms with Crippen molar-refractivity contribution in [3.8, 4) is 0 Å². The van der Waals surface area contributed by atoms with Crippen molar-refractivity contribution in [3.63, 3.8) is 0 Å². The SMILES string of the molecule is CCN(CC)c1cccc2c1CCCC2N. The summed E-state index contributed by atoms with van der Waals surface area (Å²) in [5.74, 6) is 0. The second-order valence-electron chi connectivity index (χ2n) is 4.52. The van der Waals surface area contributed by atoms with E-state index in [1.165, 1.54) is 29.7 Å². The molecule has 0 spiro atoms. The molecule has 2 nitrogen and oxygen atoms in total. The van der Waals surface area contributed by atoms with E-state index in [0.29, 0.717) is 0 Å². The molecule has 2 N–H and O–H groups in total. The highest BCUT2D eigenvalue weighted by Gasteiger charge is 2.20. The minimum absolute atomic E-state index is 0.249. The second kappa shape index (κ2) is 4.88. The van der Waals surface area contributed by atoms with Crippen LogP contribution in [0.5, 0.6) is 0 Å². The molecule has 1 aromatic carbocycles. The third-order valence-electron chi connectivity index (χ3n) is 3.63. The Hall–Kier alpha value is -1.02. The van der Waals surface area contributed by atoms with Gasteiger partial charge in [0.1, 0.15) is 0 Å². The first-order valence-corrected chi connectivity index (χ1v) is 6.40. The molecule has 0 amide bonds. The van der Waals surface area contributed by atoms with Gasteiger partial charge in [0.15, 0.2) is 0 Å². The predicted molar refractivity (Wildman–Crippen MR) is 69.9 cm³/mol. The maximum absolute atomic E-state index is 6.18. The monoisotopic (exact) mass is 218 g/mol. The number of benzene rings is 1. The quantitative estimate of drug-likeness (QED) is 0.845. The van der Waals surface area contributed by atoms with Crippen LogP contribution in [-0.2, 0) is 6.42 Å². The fraction of sp³-hybridized carbons (Fsp3) is 0.571. The minimum Gasteiger partial charge on any atom is -0.372 e. The van der Waals surface area contributed by atoms with Crippen molar-refractivity contribution in [2.24, 2.45) is 5.73 Å². The Labute approximate surface area is 98.4 Å². The number of nitrogens with zero attached hydrogens (tertiary/aromatic N) is 1. The molecule has 1 aromatic rings. The summed E-state index contributed by atoms with van der Waals surface area (Å²) in [4.78, 5) is 2.43. The highest BCUT2D eigenvalue weighted by atomic mass is 15.1. The number of nitrogens with two attached hydrogens (primary N) is 1. The maximum atomic E-state index is 6.18. The first-order chi connectivity index (χ1) is 7.77. The molecule has 1 unspecified atom stereocenters. The van der Waals surface area contributed by atoms with Crippen LogP contribution in [0.4, 0.5) is 5.69 Å². The van der Waals surface area contributed by atoms with E-state index in [2.05, 4.69) is 36.9 Å². The van der Waals surface area contributed by atoms with Gasteiger partial charge in [0.25, 0.3) is 0 Å². The van der Waals surface area contributed by atoms with E-state index in [0.717, 1.165) is 19.5 Å². The first-order valence-electron chi connectivity index (χ1n) is 6.40. The van der Waals surface area contributed by atoms with Crippen LogP contribution in [0.1, 0.15) is 43.9 Å². The lowest BCUT2D eigenvalue weighted by molar-refractivity contribution is 0.569. The highest BCUT2D eigenvalue weighted by molar-refractivity contribution is 5.58. The topological polar surface area (TPSA) is 29.3 Å². The van der Waals surface area contributed by atoms with Gasteiger partial charge in [-0.15, -0.1) is 0 Å². The van der Waals surface area contributed by atoms with Gasteiger partial charge in [0.05, 0.1) is 0 Å². The fourth-order valence-electron chi connectivity index (χ4n) is 2.73. The van der Waals surface area contributed by atoms with Crippen molar-refractivity contribution in [1.29, 1.82) is 0 Å². The molecule has 1 aliphatic carbocycles. The summed E-state index contributed by atoms with van der Waals surface area (Å²) >= 11 is 0. The van der Waals surface area contributed by atoms with Crippen molar-refractivity contribution in [2.45, 2.75) is 39.2 Å². The van der Waals surface area contributed by atoms with Crippen molar-refractivity contribution >= 4 is 5.69 Å². The summed E-state index contributed by atoms with van der Waals surface area (Å²) in [6.07, 6.45) is 3.55. The number of fused-ring (bicyclic) bond motifs is 1. The third-order valence-corrected chi connectivity index (χ3v) is 3.63. The van der Waals surface area contributed by atoms with Crippen LogP contribution in [0.3, 0.4) is 0 Å². The molecule has 88 valence electrons. The molecule has 0 saturated carbocycles. The lowest BCUT2D eigenvalue weighted by atomic mass is 9.87. The summed E-state index contributed by atoms with van der Waals surface area (Å²) in [7, 11) is 0. The Morgan fingerprint density at radius 1 is 1.31 bits per heavy atom. The van der Waals surface area contributed by atoms with Gasteiger partial charge in [-0.25, -0.2) is 0 Å². The number of anilines is 1. The van der Waals surface area contributed by atoms with Gasteiger partial charge in [0, 0.05) is 24.8 Å². The van der Waals surface area contributed by atoms with Gasteiger partial charge in [-0.05, 0) is 50.3 Å². The zero-order valence-electron chi connectivity index (χ0n) is 10.4. The van der Waals surface area contributed by atoms with Crippen LogP contribution in [-0.4, -0.2) is 13.1 Å². The van der Waals surface area contributed by atoms with Gasteiger partial charge in [-0.2, -0.15) is 0 Å². The van der Waals surface area contributed by atoms with E-state index < -0.39 is 0 Å². The standard InChI is InChI=1S/C14H22N2/c1-3-16(4-2)14-10-6-7-11-12(14)8-5-9-13(11)15/h6-7,10,13H,3-5,8-9,15H2,1-2H3. The summed E-state index contributed by atoms with van der Waals surface area (Å²) in [5, 5.41) is 0. The van der Waals surface area contributed by atoms with Crippen LogP contribution in [0.2, 0.25) is 0 Å². The third kappa shape index (κ3) is 1.94. The van der Waals surface area contributed by atoms with Gasteiger partial charge in [-0.1, -0.05) is 12.1 Å². The lowest BCUT2D eigenvalue weighted by Crippen LogP contribution is -2.26. The number of rotatable bonds is 3. The minimum atomic E-state index is 0.249. The number of hydrogen-bond acceptors (Lipinski definition) is 2. The molecule has 0 aromatic heterocycles. The molecule has 0 radical (unpaired) electrons. The summed E-state index contributed by atoms with van der Waals surface area (Å²) in [6.45, 7) is 6.57. The smallest absolute Gasteiger partial charge is 0.0401 e. The zero-order chi connectivity index (χ0) is 11.5. The second-order valence-corrected chi connectivity index (χ2v) is 4.52. The fourth-order valence-corrected chi connectivity index (χ4v) is 2.73.